The molecule has 0 aliphatic carbocycles. The number of aryl methyl sites for hydroxylation is 1. The maximum atomic E-state index is 11.8. The van der Waals surface area contributed by atoms with Gasteiger partial charge in [0.15, 0.2) is 0 Å². The lowest BCUT2D eigenvalue weighted by atomic mass is 10.1. The highest BCUT2D eigenvalue weighted by Crippen LogP contribution is 2.30. The van der Waals surface area contributed by atoms with Crippen molar-refractivity contribution in [2.45, 2.75) is 52.2 Å². The second kappa shape index (κ2) is 4.37. The number of rotatable bonds is 2. The molecule has 2 unspecified atom stereocenters. The number of aromatic nitrogens is 2. The van der Waals surface area contributed by atoms with Crippen LogP contribution in [0.5, 0.6) is 0 Å². The average molecular weight is 222 g/mol. The highest BCUT2D eigenvalue weighted by Gasteiger charge is 2.25. The van der Waals surface area contributed by atoms with Crippen molar-refractivity contribution in [3.8, 4) is 0 Å². The molecule has 4 heteroatoms. The largest absolute Gasteiger partial charge is 0.367 e. The van der Waals surface area contributed by atoms with Gasteiger partial charge < -0.3 is 9.72 Å². The number of aromatic amines is 1. The van der Waals surface area contributed by atoms with Gasteiger partial charge in [0.1, 0.15) is 11.9 Å². The van der Waals surface area contributed by atoms with Gasteiger partial charge in [0.25, 0.3) is 5.56 Å². The molecule has 1 aromatic heterocycles. The molecule has 0 bridgehead atoms. The fraction of sp³-hybridized carbons (Fsp3) is 0.667. The zero-order valence-corrected chi connectivity index (χ0v) is 10.0. The van der Waals surface area contributed by atoms with Crippen molar-refractivity contribution in [3.63, 3.8) is 0 Å². The fourth-order valence-electron chi connectivity index (χ4n) is 2.20. The van der Waals surface area contributed by atoms with Crippen LogP contribution in [0.4, 0.5) is 0 Å². The van der Waals surface area contributed by atoms with E-state index in [4.69, 9.17) is 4.74 Å². The molecule has 0 amide bonds. The highest BCUT2D eigenvalue weighted by molar-refractivity contribution is 5.17. The molecule has 1 aromatic rings. The second-order valence-electron chi connectivity index (χ2n) is 4.38. The van der Waals surface area contributed by atoms with Crippen LogP contribution in [0.25, 0.3) is 0 Å². The second-order valence-corrected chi connectivity index (χ2v) is 4.38. The molecule has 0 radical (unpaired) electrons. The predicted molar refractivity (Wildman–Crippen MR) is 61.5 cm³/mol. The van der Waals surface area contributed by atoms with E-state index in [2.05, 4.69) is 9.97 Å². The molecule has 1 aliphatic heterocycles. The van der Waals surface area contributed by atoms with Gasteiger partial charge in [0.2, 0.25) is 0 Å². The van der Waals surface area contributed by atoms with Crippen molar-refractivity contribution in [1.29, 1.82) is 0 Å². The van der Waals surface area contributed by atoms with Gasteiger partial charge in [-0.1, -0.05) is 6.92 Å². The summed E-state index contributed by atoms with van der Waals surface area (Å²) in [6.45, 7) is 5.90. The number of nitrogens with one attached hydrogen (secondary N) is 1. The summed E-state index contributed by atoms with van der Waals surface area (Å²) in [4.78, 5) is 19.1. The first-order valence-electron chi connectivity index (χ1n) is 5.87. The summed E-state index contributed by atoms with van der Waals surface area (Å²) in [5, 5.41) is 0. The Morgan fingerprint density at radius 3 is 2.75 bits per heavy atom. The lowest BCUT2D eigenvalue weighted by Crippen LogP contribution is -2.20. The standard InChI is InChI=1S/C12H18N2O2/c1-4-9-8(3)13-11(14-12(9)15)10-6-5-7(2)16-10/h7,10H,4-6H2,1-3H3,(H,13,14,15). The molecule has 1 aliphatic rings. The van der Waals surface area contributed by atoms with Crippen molar-refractivity contribution in [2.24, 2.45) is 0 Å². The summed E-state index contributed by atoms with van der Waals surface area (Å²) in [6, 6.07) is 0. The van der Waals surface area contributed by atoms with Crippen molar-refractivity contribution < 1.29 is 4.74 Å². The van der Waals surface area contributed by atoms with E-state index >= 15 is 0 Å². The van der Waals surface area contributed by atoms with Crippen molar-refractivity contribution >= 4 is 0 Å². The molecular formula is C12H18N2O2. The summed E-state index contributed by atoms with van der Waals surface area (Å²) in [7, 11) is 0. The normalized spacial score (nSPS) is 24.9. The van der Waals surface area contributed by atoms with Gasteiger partial charge in [0.05, 0.1) is 6.10 Å². The Hall–Kier alpha value is -1.16. The van der Waals surface area contributed by atoms with Crippen LogP contribution in [0.3, 0.4) is 0 Å². The number of hydrogen-bond donors (Lipinski definition) is 1. The van der Waals surface area contributed by atoms with Crippen molar-refractivity contribution in [1.82, 2.24) is 9.97 Å². The maximum Gasteiger partial charge on any atom is 0.254 e. The van der Waals surface area contributed by atoms with Crippen molar-refractivity contribution in [2.75, 3.05) is 0 Å². The van der Waals surface area contributed by atoms with E-state index < -0.39 is 0 Å². The van der Waals surface area contributed by atoms with Crippen LogP contribution in [0.15, 0.2) is 4.79 Å². The summed E-state index contributed by atoms with van der Waals surface area (Å²) in [6.07, 6.45) is 2.92. The SMILES string of the molecule is CCc1c(C)nc(C2CCC(C)O2)[nH]c1=O. The summed E-state index contributed by atoms with van der Waals surface area (Å²) in [5.74, 6) is 0.684. The first-order chi connectivity index (χ1) is 7.61. The third-order valence-corrected chi connectivity index (χ3v) is 3.13. The molecule has 2 rings (SSSR count). The third-order valence-electron chi connectivity index (χ3n) is 3.13. The number of nitrogens with zero attached hydrogens (tertiary/aromatic N) is 1. The Kier molecular flexibility index (Phi) is 3.10. The minimum absolute atomic E-state index is 0.0202. The Bertz CT molecular complexity index is 439. The lowest BCUT2D eigenvalue weighted by molar-refractivity contribution is 0.0500. The minimum atomic E-state index is -0.0349. The number of ether oxygens (including phenoxy) is 1. The zero-order valence-electron chi connectivity index (χ0n) is 10.0. The summed E-state index contributed by atoms with van der Waals surface area (Å²) >= 11 is 0. The van der Waals surface area contributed by atoms with E-state index in [1.54, 1.807) is 0 Å². The molecule has 88 valence electrons. The molecule has 4 nitrogen and oxygen atoms in total. The van der Waals surface area contributed by atoms with Crippen LogP contribution in [0, 0.1) is 6.92 Å². The van der Waals surface area contributed by atoms with E-state index in [0.717, 1.165) is 30.5 Å². The first-order valence-corrected chi connectivity index (χ1v) is 5.87. The third kappa shape index (κ3) is 2.02. The molecule has 1 fully saturated rings. The highest BCUT2D eigenvalue weighted by atomic mass is 16.5. The van der Waals surface area contributed by atoms with E-state index in [1.165, 1.54) is 0 Å². The smallest absolute Gasteiger partial charge is 0.254 e. The summed E-state index contributed by atoms with van der Waals surface area (Å²) in [5.41, 5.74) is 1.58. The average Bonchev–Trinajstić information content (AvgIpc) is 2.64. The van der Waals surface area contributed by atoms with Crippen LogP contribution >= 0.6 is 0 Å². The molecule has 1 N–H and O–H groups in total. The van der Waals surface area contributed by atoms with Crippen LogP contribution < -0.4 is 5.56 Å². The van der Waals surface area contributed by atoms with E-state index in [9.17, 15) is 4.79 Å². The number of hydrogen-bond acceptors (Lipinski definition) is 3. The Morgan fingerprint density at radius 1 is 1.50 bits per heavy atom. The fourth-order valence-corrected chi connectivity index (χ4v) is 2.20. The Balaban J connectivity index is 2.33. The lowest BCUT2D eigenvalue weighted by Gasteiger charge is -2.12. The molecule has 0 saturated carbocycles. The maximum absolute atomic E-state index is 11.8. The van der Waals surface area contributed by atoms with Gasteiger partial charge in [-0.25, -0.2) is 4.98 Å². The van der Waals surface area contributed by atoms with Gasteiger partial charge in [-0.3, -0.25) is 4.79 Å². The van der Waals surface area contributed by atoms with Gasteiger partial charge >= 0.3 is 0 Å². The molecule has 0 spiro atoms. The molecule has 0 aromatic carbocycles. The Labute approximate surface area is 95.1 Å². The first kappa shape index (κ1) is 11.3. The quantitative estimate of drug-likeness (QED) is 0.831. The predicted octanol–water partition coefficient (Wildman–Crippen LogP) is 1.88. The topological polar surface area (TPSA) is 55.0 Å². The van der Waals surface area contributed by atoms with E-state index in [0.29, 0.717) is 5.82 Å². The van der Waals surface area contributed by atoms with E-state index in [-0.39, 0.29) is 17.8 Å². The van der Waals surface area contributed by atoms with Crippen LogP contribution in [-0.2, 0) is 11.2 Å². The molecule has 2 atom stereocenters. The minimum Gasteiger partial charge on any atom is -0.367 e. The van der Waals surface area contributed by atoms with Crippen molar-refractivity contribution in [3.05, 3.63) is 27.4 Å². The van der Waals surface area contributed by atoms with Crippen LogP contribution in [-0.4, -0.2) is 16.1 Å². The van der Waals surface area contributed by atoms with Crippen LogP contribution in [0.1, 0.15) is 49.9 Å². The van der Waals surface area contributed by atoms with E-state index in [1.807, 2.05) is 20.8 Å². The molecule has 2 heterocycles. The van der Waals surface area contributed by atoms with Gasteiger partial charge in [-0.2, -0.15) is 0 Å². The number of H-pyrrole nitrogens is 1. The monoisotopic (exact) mass is 222 g/mol. The van der Waals surface area contributed by atoms with Gasteiger partial charge in [-0.05, 0) is 33.1 Å². The molecular weight excluding hydrogens is 204 g/mol. The molecule has 16 heavy (non-hydrogen) atoms. The Morgan fingerprint density at radius 2 is 2.25 bits per heavy atom. The summed E-state index contributed by atoms with van der Waals surface area (Å²) < 4.78 is 5.70. The van der Waals surface area contributed by atoms with Gasteiger partial charge in [-0.15, -0.1) is 0 Å². The van der Waals surface area contributed by atoms with Gasteiger partial charge in [0, 0.05) is 11.3 Å². The van der Waals surface area contributed by atoms with Crippen LogP contribution in [0.2, 0.25) is 0 Å². The zero-order chi connectivity index (χ0) is 11.7. The molecule has 1 saturated heterocycles.